The maximum atomic E-state index is 12.0. The normalized spacial score (nSPS) is 12.3. The number of allylic oxidation sites excluding steroid dienone is 1. The molecule has 29 heavy (non-hydrogen) atoms. The van der Waals surface area contributed by atoms with Gasteiger partial charge in [0, 0.05) is 24.1 Å². The molecule has 6 nitrogen and oxygen atoms in total. The number of aliphatic hydroxyl groups excluding tert-OH is 1. The van der Waals surface area contributed by atoms with Crippen LogP contribution in [0.3, 0.4) is 0 Å². The minimum absolute atomic E-state index is 0.0483. The summed E-state index contributed by atoms with van der Waals surface area (Å²) in [6, 6.07) is 5.49. The first-order valence-electron chi connectivity index (χ1n) is 10.8. The highest BCUT2D eigenvalue weighted by Gasteiger charge is 2.08. The summed E-state index contributed by atoms with van der Waals surface area (Å²) in [6.07, 6.45) is 14.6. The number of nitro groups is 1. The number of hydrogen-bond donors (Lipinski definition) is 1. The monoisotopic (exact) mass is 405 g/mol. The van der Waals surface area contributed by atoms with Crippen LogP contribution >= 0.6 is 0 Å². The minimum atomic E-state index is -1.02. The number of non-ortho nitro benzene ring substituents is 1. The van der Waals surface area contributed by atoms with Crippen molar-refractivity contribution in [2.24, 2.45) is 0 Å². The Bertz CT molecular complexity index is 612. The van der Waals surface area contributed by atoms with E-state index in [1.165, 1.54) is 81.7 Å². The van der Waals surface area contributed by atoms with E-state index in [2.05, 4.69) is 6.92 Å². The predicted octanol–water partition coefficient (Wildman–Crippen LogP) is 5.98. The Morgan fingerprint density at radius 1 is 1.03 bits per heavy atom. The fourth-order valence-electron chi connectivity index (χ4n) is 3.03. The highest BCUT2D eigenvalue weighted by atomic mass is 16.6. The van der Waals surface area contributed by atoms with Gasteiger partial charge in [0.1, 0.15) is 0 Å². The molecule has 0 heterocycles. The number of unbranched alkanes of at least 4 members (excludes halogenated alkanes) is 9. The van der Waals surface area contributed by atoms with Crippen molar-refractivity contribution in [3.8, 4) is 0 Å². The molecule has 0 saturated carbocycles. The van der Waals surface area contributed by atoms with E-state index in [1.807, 2.05) is 0 Å². The van der Waals surface area contributed by atoms with Gasteiger partial charge in [-0.25, -0.2) is 0 Å². The molecule has 0 saturated heterocycles. The lowest BCUT2D eigenvalue weighted by Gasteiger charge is -2.08. The Kier molecular flexibility index (Phi) is 13.6. The smallest absolute Gasteiger partial charge is 0.269 e. The second kappa shape index (κ2) is 15.8. The molecule has 1 aromatic carbocycles. The number of hydrogen-bond acceptors (Lipinski definition) is 5. The number of ketones is 1. The van der Waals surface area contributed by atoms with Crippen molar-refractivity contribution in [3.05, 3.63) is 52.1 Å². The quantitative estimate of drug-likeness (QED) is 0.0860. The number of nitro benzene ring substituents is 1. The number of carbonyl (C=O) groups excluding carboxylic acids is 1. The van der Waals surface area contributed by atoms with Gasteiger partial charge in [-0.1, -0.05) is 70.8 Å². The summed E-state index contributed by atoms with van der Waals surface area (Å²) in [5.74, 6) is -0.168. The van der Waals surface area contributed by atoms with E-state index in [-0.39, 0.29) is 17.9 Å². The van der Waals surface area contributed by atoms with Crippen LogP contribution in [0.1, 0.15) is 87.9 Å². The number of carbonyl (C=O) groups is 1. The molecule has 6 heteroatoms. The molecule has 1 aromatic rings. The van der Waals surface area contributed by atoms with Gasteiger partial charge in [-0.15, -0.1) is 0 Å². The summed E-state index contributed by atoms with van der Waals surface area (Å²) in [5, 5.41) is 20.4. The van der Waals surface area contributed by atoms with Crippen molar-refractivity contribution < 1.29 is 19.6 Å². The van der Waals surface area contributed by atoms with Gasteiger partial charge >= 0.3 is 0 Å². The van der Waals surface area contributed by atoms with E-state index in [0.29, 0.717) is 12.2 Å². The van der Waals surface area contributed by atoms with Crippen molar-refractivity contribution in [1.29, 1.82) is 0 Å². The van der Waals surface area contributed by atoms with Gasteiger partial charge in [-0.05, 0) is 24.6 Å². The Morgan fingerprint density at radius 2 is 1.59 bits per heavy atom. The molecule has 0 fully saturated rings. The molecule has 1 N–H and O–H groups in total. The van der Waals surface area contributed by atoms with E-state index in [9.17, 15) is 20.0 Å². The molecule has 0 aliphatic heterocycles. The van der Waals surface area contributed by atoms with Gasteiger partial charge in [0.25, 0.3) is 5.69 Å². The Hall–Kier alpha value is -2.05. The first-order chi connectivity index (χ1) is 14.0. The van der Waals surface area contributed by atoms with Crippen LogP contribution in [0, 0.1) is 10.1 Å². The van der Waals surface area contributed by atoms with E-state index in [4.69, 9.17) is 4.74 Å². The highest BCUT2D eigenvalue weighted by molar-refractivity contribution is 5.97. The van der Waals surface area contributed by atoms with Crippen molar-refractivity contribution in [1.82, 2.24) is 0 Å². The number of nitrogens with zero attached hydrogens (tertiary/aromatic N) is 1. The molecule has 0 radical (unpaired) electrons. The lowest BCUT2D eigenvalue weighted by atomic mass is 10.1. The number of Topliss-reactive ketones (excluding diaryl/α,β-unsaturated/α-hetero) is 1. The van der Waals surface area contributed by atoms with Gasteiger partial charge in [0.2, 0.25) is 0 Å². The highest BCUT2D eigenvalue weighted by Crippen LogP contribution is 2.14. The molecule has 1 atom stereocenters. The topological polar surface area (TPSA) is 89.7 Å². The van der Waals surface area contributed by atoms with Crippen LogP contribution in [0.5, 0.6) is 0 Å². The van der Waals surface area contributed by atoms with Crippen LogP contribution in [-0.2, 0) is 4.74 Å². The number of rotatable bonds is 17. The van der Waals surface area contributed by atoms with Gasteiger partial charge in [-0.3, -0.25) is 14.9 Å². The SMILES string of the molecule is CCCCCCCCCCCCOC(O)C=CCC(=O)c1ccc([N+](=O)[O-])cc1. The Labute approximate surface area is 174 Å². The van der Waals surface area contributed by atoms with E-state index in [0.717, 1.165) is 12.8 Å². The van der Waals surface area contributed by atoms with E-state index < -0.39 is 11.2 Å². The van der Waals surface area contributed by atoms with Crippen LogP contribution in [0.25, 0.3) is 0 Å². The van der Waals surface area contributed by atoms with Crippen molar-refractivity contribution in [2.75, 3.05) is 6.61 Å². The molecule has 0 aliphatic rings. The van der Waals surface area contributed by atoms with Crippen LogP contribution in [0.4, 0.5) is 5.69 Å². The van der Waals surface area contributed by atoms with Gasteiger partial charge < -0.3 is 9.84 Å². The van der Waals surface area contributed by atoms with E-state index in [1.54, 1.807) is 6.08 Å². The summed E-state index contributed by atoms with van der Waals surface area (Å²) in [7, 11) is 0. The van der Waals surface area contributed by atoms with Gasteiger partial charge in [0.15, 0.2) is 12.1 Å². The zero-order valence-corrected chi connectivity index (χ0v) is 17.6. The van der Waals surface area contributed by atoms with Crippen molar-refractivity contribution in [2.45, 2.75) is 83.8 Å². The second-order valence-corrected chi connectivity index (χ2v) is 7.30. The average Bonchev–Trinajstić information content (AvgIpc) is 2.72. The van der Waals surface area contributed by atoms with Crippen molar-refractivity contribution in [3.63, 3.8) is 0 Å². The number of ether oxygens (including phenoxy) is 1. The van der Waals surface area contributed by atoms with Crippen molar-refractivity contribution >= 4 is 11.5 Å². The van der Waals surface area contributed by atoms with Gasteiger partial charge in [-0.2, -0.15) is 0 Å². The Balaban J connectivity index is 2.06. The third kappa shape index (κ3) is 12.2. The summed E-state index contributed by atoms with van der Waals surface area (Å²) < 4.78 is 5.33. The summed E-state index contributed by atoms with van der Waals surface area (Å²) in [4.78, 5) is 22.1. The fourth-order valence-corrected chi connectivity index (χ4v) is 3.03. The molecule has 0 bridgehead atoms. The summed E-state index contributed by atoms with van der Waals surface area (Å²) >= 11 is 0. The number of benzene rings is 1. The molecule has 162 valence electrons. The molecule has 0 amide bonds. The fraction of sp³-hybridized carbons (Fsp3) is 0.609. The van der Waals surface area contributed by atoms with Crippen LogP contribution in [-0.4, -0.2) is 28.7 Å². The predicted molar refractivity (Wildman–Crippen MR) is 115 cm³/mol. The minimum Gasteiger partial charge on any atom is -0.365 e. The second-order valence-electron chi connectivity index (χ2n) is 7.30. The summed E-state index contributed by atoms with van der Waals surface area (Å²) in [5.41, 5.74) is 0.355. The van der Waals surface area contributed by atoms with Crippen LogP contribution in [0.2, 0.25) is 0 Å². The van der Waals surface area contributed by atoms with Crippen LogP contribution < -0.4 is 0 Å². The maximum absolute atomic E-state index is 12.0. The van der Waals surface area contributed by atoms with Crippen LogP contribution in [0.15, 0.2) is 36.4 Å². The largest absolute Gasteiger partial charge is 0.365 e. The third-order valence-corrected chi connectivity index (χ3v) is 4.79. The average molecular weight is 406 g/mol. The zero-order valence-electron chi connectivity index (χ0n) is 17.6. The standard InChI is InChI=1S/C23H35NO5/c1-2-3-4-5-6-7-8-9-10-11-19-29-23(26)14-12-13-22(25)20-15-17-21(18-16-20)24(27)28/h12,14-18,23,26H,2-11,13,19H2,1H3. The first kappa shape index (κ1) is 25.0. The molecular formula is C23H35NO5. The lowest BCUT2D eigenvalue weighted by molar-refractivity contribution is -0.384. The molecular weight excluding hydrogens is 370 g/mol. The first-order valence-corrected chi connectivity index (χ1v) is 10.8. The zero-order chi connectivity index (χ0) is 21.3. The third-order valence-electron chi connectivity index (χ3n) is 4.79. The number of aliphatic hydroxyl groups is 1. The summed E-state index contributed by atoms with van der Waals surface area (Å²) in [6.45, 7) is 2.73. The molecule has 0 aliphatic carbocycles. The maximum Gasteiger partial charge on any atom is 0.269 e. The molecule has 1 unspecified atom stereocenters. The molecule has 1 rings (SSSR count). The molecule has 0 aromatic heterocycles. The molecule has 0 spiro atoms. The van der Waals surface area contributed by atoms with E-state index >= 15 is 0 Å². The van der Waals surface area contributed by atoms with Gasteiger partial charge in [0.05, 0.1) is 11.5 Å². The lowest BCUT2D eigenvalue weighted by Crippen LogP contribution is -2.09. The Morgan fingerprint density at radius 3 is 2.14 bits per heavy atom.